The number of allylic oxidation sites excluding steroid dienone is 3. The van der Waals surface area contributed by atoms with Gasteiger partial charge in [0.25, 0.3) is 0 Å². The Balaban J connectivity index is 2.45. The minimum absolute atomic E-state index is 0.0209. The molecular weight excluding hydrogens is 152 g/mol. The third-order valence-electron chi connectivity index (χ3n) is 1.75. The molecular formula is C10H14O2. The van der Waals surface area contributed by atoms with Crippen molar-refractivity contribution in [2.45, 2.75) is 32.3 Å². The molecule has 66 valence electrons. The second kappa shape index (κ2) is 4.75. The first-order valence-electron chi connectivity index (χ1n) is 4.29. The van der Waals surface area contributed by atoms with Gasteiger partial charge in [0, 0.05) is 6.92 Å². The normalized spacial score (nSPS) is 22.9. The van der Waals surface area contributed by atoms with Crippen LogP contribution in [0.4, 0.5) is 0 Å². The van der Waals surface area contributed by atoms with Gasteiger partial charge in [-0.15, -0.1) is 0 Å². The predicted octanol–water partition coefficient (Wildman–Crippen LogP) is 2.21. The maximum atomic E-state index is 10.6. The van der Waals surface area contributed by atoms with Crippen molar-refractivity contribution in [3.05, 3.63) is 24.3 Å². The van der Waals surface area contributed by atoms with Gasteiger partial charge in [-0.1, -0.05) is 18.2 Å². The molecule has 0 amide bonds. The molecule has 1 aliphatic carbocycles. The number of rotatable bonds is 1. The van der Waals surface area contributed by atoms with E-state index in [2.05, 4.69) is 6.08 Å². The van der Waals surface area contributed by atoms with Crippen LogP contribution >= 0.6 is 0 Å². The largest absolute Gasteiger partial charge is 0.458 e. The Bertz CT molecular complexity index is 204. The lowest BCUT2D eigenvalue weighted by atomic mass is 10.1. The third-order valence-corrected chi connectivity index (χ3v) is 1.75. The van der Waals surface area contributed by atoms with E-state index in [9.17, 15) is 4.79 Å². The topological polar surface area (TPSA) is 26.3 Å². The van der Waals surface area contributed by atoms with Gasteiger partial charge in [0.15, 0.2) is 0 Å². The number of esters is 1. The van der Waals surface area contributed by atoms with Crippen LogP contribution in [0.15, 0.2) is 24.3 Å². The third kappa shape index (κ3) is 3.37. The van der Waals surface area contributed by atoms with Crippen molar-refractivity contribution in [3.8, 4) is 0 Å². The van der Waals surface area contributed by atoms with E-state index < -0.39 is 0 Å². The molecule has 0 unspecified atom stereocenters. The van der Waals surface area contributed by atoms with Crippen LogP contribution in [-0.2, 0) is 9.53 Å². The SMILES string of the molecule is CC(=O)O[C@H]1C=CC=CCCC1. The van der Waals surface area contributed by atoms with Crippen molar-refractivity contribution in [1.29, 1.82) is 0 Å². The summed E-state index contributed by atoms with van der Waals surface area (Å²) in [6.45, 7) is 1.45. The predicted molar refractivity (Wildman–Crippen MR) is 47.7 cm³/mol. The van der Waals surface area contributed by atoms with Crippen LogP contribution in [0.2, 0.25) is 0 Å². The summed E-state index contributed by atoms with van der Waals surface area (Å²) in [6.07, 6.45) is 11.0. The minimum Gasteiger partial charge on any atom is -0.458 e. The lowest BCUT2D eigenvalue weighted by Crippen LogP contribution is -2.13. The van der Waals surface area contributed by atoms with Gasteiger partial charge in [0.2, 0.25) is 0 Å². The van der Waals surface area contributed by atoms with Gasteiger partial charge < -0.3 is 4.74 Å². The summed E-state index contributed by atoms with van der Waals surface area (Å²) in [4.78, 5) is 10.6. The van der Waals surface area contributed by atoms with Crippen LogP contribution < -0.4 is 0 Å². The molecule has 0 aromatic heterocycles. The van der Waals surface area contributed by atoms with E-state index in [0.717, 1.165) is 19.3 Å². The first-order valence-corrected chi connectivity index (χ1v) is 4.29. The number of carbonyl (C=O) groups is 1. The Morgan fingerprint density at radius 3 is 3.08 bits per heavy atom. The zero-order chi connectivity index (χ0) is 8.81. The van der Waals surface area contributed by atoms with Crippen LogP contribution in [0.3, 0.4) is 0 Å². The number of hydrogen-bond donors (Lipinski definition) is 0. The van der Waals surface area contributed by atoms with Crippen LogP contribution in [0.25, 0.3) is 0 Å². The van der Waals surface area contributed by atoms with Gasteiger partial charge in [-0.2, -0.15) is 0 Å². The molecule has 0 aromatic rings. The van der Waals surface area contributed by atoms with Gasteiger partial charge in [0.05, 0.1) is 0 Å². The lowest BCUT2D eigenvalue weighted by Gasteiger charge is -2.12. The zero-order valence-electron chi connectivity index (χ0n) is 7.32. The van der Waals surface area contributed by atoms with E-state index >= 15 is 0 Å². The molecule has 1 rings (SSSR count). The van der Waals surface area contributed by atoms with E-state index in [1.54, 1.807) is 0 Å². The molecule has 12 heavy (non-hydrogen) atoms. The molecule has 0 bridgehead atoms. The first-order chi connectivity index (χ1) is 5.79. The summed E-state index contributed by atoms with van der Waals surface area (Å²) in [5.41, 5.74) is 0. The smallest absolute Gasteiger partial charge is 0.303 e. The molecule has 0 N–H and O–H groups in total. The number of ether oxygens (including phenoxy) is 1. The standard InChI is InChI=1S/C10H14O2/c1-9(11)12-10-7-5-3-2-4-6-8-10/h2-3,5,7,10H,4,6,8H2,1H3/t10-/m0/s1. The van der Waals surface area contributed by atoms with Crippen LogP contribution in [0.1, 0.15) is 26.2 Å². The molecule has 1 aliphatic rings. The number of hydrogen-bond acceptors (Lipinski definition) is 2. The van der Waals surface area contributed by atoms with Crippen molar-refractivity contribution in [2.75, 3.05) is 0 Å². The molecule has 0 fully saturated rings. The highest BCUT2D eigenvalue weighted by Gasteiger charge is 2.07. The average Bonchev–Trinajstić information content (AvgIpc) is 1.93. The zero-order valence-corrected chi connectivity index (χ0v) is 7.32. The molecule has 2 heteroatoms. The Hall–Kier alpha value is -1.05. The quantitative estimate of drug-likeness (QED) is 0.558. The van der Waals surface area contributed by atoms with Crippen molar-refractivity contribution in [3.63, 3.8) is 0 Å². The highest BCUT2D eigenvalue weighted by Crippen LogP contribution is 2.10. The maximum absolute atomic E-state index is 10.6. The van der Waals surface area contributed by atoms with E-state index in [1.807, 2.05) is 18.2 Å². The molecule has 0 aliphatic heterocycles. The summed E-state index contributed by atoms with van der Waals surface area (Å²) in [6, 6.07) is 0. The van der Waals surface area contributed by atoms with Crippen molar-refractivity contribution < 1.29 is 9.53 Å². The Morgan fingerprint density at radius 1 is 1.50 bits per heavy atom. The van der Waals surface area contributed by atoms with Gasteiger partial charge >= 0.3 is 5.97 Å². The minimum atomic E-state index is -0.200. The van der Waals surface area contributed by atoms with Crippen LogP contribution in [0.5, 0.6) is 0 Å². The highest BCUT2D eigenvalue weighted by molar-refractivity contribution is 5.66. The van der Waals surface area contributed by atoms with E-state index in [4.69, 9.17) is 4.74 Å². The second-order valence-corrected chi connectivity index (χ2v) is 2.89. The van der Waals surface area contributed by atoms with Crippen molar-refractivity contribution in [2.24, 2.45) is 0 Å². The van der Waals surface area contributed by atoms with Gasteiger partial charge in [-0.3, -0.25) is 4.79 Å². The van der Waals surface area contributed by atoms with Gasteiger partial charge in [-0.25, -0.2) is 0 Å². The maximum Gasteiger partial charge on any atom is 0.303 e. The average molecular weight is 166 g/mol. The Kier molecular flexibility index (Phi) is 3.58. The first kappa shape index (κ1) is 9.04. The van der Waals surface area contributed by atoms with E-state index in [1.165, 1.54) is 6.92 Å². The molecule has 0 saturated carbocycles. The fraction of sp³-hybridized carbons (Fsp3) is 0.500. The molecule has 1 atom stereocenters. The molecule has 0 heterocycles. The highest BCUT2D eigenvalue weighted by atomic mass is 16.5. The van der Waals surface area contributed by atoms with Gasteiger partial charge in [-0.05, 0) is 25.3 Å². The summed E-state index contributed by atoms with van der Waals surface area (Å²) < 4.78 is 5.07. The monoisotopic (exact) mass is 166 g/mol. The van der Waals surface area contributed by atoms with Crippen molar-refractivity contribution >= 4 is 5.97 Å². The van der Waals surface area contributed by atoms with E-state index in [0.29, 0.717) is 0 Å². The summed E-state index contributed by atoms with van der Waals surface area (Å²) in [5.74, 6) is -0.200. The molecule has 2 nitrogen and oxygen atoms in total. The fourth-order valence-corrected chi connectivity index (χ4v) is 1.21. The summed E-state index contributed by atoms with van der Waals surface area (Å²) in [7, 11) is 0. The van der Waals surface area contributed by atoms with Crippen LogP contribution in [-0.4, -0.2) is 12.1 Å². The van der Waals surface area contributed by atoms with Crippen molar-refractivity contribution in [1.82, 2.24) is 0 Å². The molecule has 0 aromatic carbocycles. The molecule has 0 radical (unpaired) electrons. The number of carbonyl (C=O) groups excluding carboxylic acids is 1. The summed E-state index contributed by atoms with van der Waals surface area (Å²) >= 11 is 0. The fourth-order valence-electron chi connectivity index (χ4n) is 1.21. The van der Waals surface area contributed by atoms with Gasteiger partial charge in [0.1, 0.15) is 6.10 Å². The van der Waals surface area contributed by atoms with E-state index in [-0.39, 0.29) is 12.1 Å². The Morgan fingerprint density at radius 2 is 2.33 bits per heavy atom. The molecule has 0 spiro atoms. The van der Waals surface area contributed by atoms with Crippen LogP contribution in [0, 0.1) is 0 Å². The Labute approximate surface area is 72.9 Å². The summed E-state index contributed by atoms with van der Waals surface area (Å²) in [5, 5.41) is 0. The second-order valence-electron chi connectivity index (χ2n) is 2.89. The molecule has 0 saturated heterocycles. The lowest BCUT2D eigenvalue weighted by molar-refractivity contribution is -0.144.